The van der Waals surface area contributed by atoms with E-state index < -0.39 is 0 Å². The van der Waals surface area contributed by atoms with Crippen molar-refractivity contribution in [3.05, 3.63) is 48.3 Å². The third-order valence-corrected chi connectivity index (χ3v) is 5.41. The maximum absolute atomic E-state index is 13.5. The topological polar surface area (TPSA) is 22.3 Å². The van der Waals surface area contributed by atoms with Crippen molar-refractivity contribution < 1.29 is 4.39 Å². The number of rotatable bonds is 4. The third-order valence-electron chi connectivity index (χ3n) is 4.58. The van der Waals surface area contributed by atoms with Gasteiger partial charge in [-0.15, -0.1) is 0 Å². The number of fused-ring (bicyclic) bond motifs is 1. The molecular weight excluding hydrogens is 333 g/mol. The lowest BCUT2D eigenvalue weighted by atomic mass is 10.1. The Labute approximate surface area is 152 Å². The molecule has 1 aliphatic rings. The van der Waals surface area contributed by atoms with E-state index in [-0.39, 0.29) is 5.82 Å². The highest BCUT2D eigenvalue weighted by Gasteiger charge is 2.18. The van der Waals surface area contributed by atoms with Gasteiger partial charge >= 0.3 is 0 Å². The third kappa shape index (κ3) is 3.39. The molecule has 0 aliphatic carbocycles. The van der Waals surface area contributed by atoms with Crippen LogP contribution in [0.4, 0.5) is 10.1 Å². The lowest BCUT2D eigenvalue weighted by Gasteiger charge is -2.22. The molecule has 0 spiro atoms. The first-order chi connectivity index (χ1) is 12.1. The van der Waals surface area contributed by atoms with Crippen molar-refractivity contribution in [2.75, 3.05) is 32.1 Å². The van der Waals surface area contributed by atoms with Gasteiger partial charge in [0.1, 0.15) is 5.82 Å². The quantitative estimate of drug-likeness (QED) is 0.655. The molecular formula is C20H22FN3S. The molecule has 0 bridgehead atoms. The number of hydrogen-bond donors (Lipinski definition) is 1. The van der Waals surface area contributed by atoms with Gasteiger partial charge in [0, 0.05) is 45.8 Å². The molecule has 1 aromatic heterocycles. The first kappa shape index (κ1) is 16.5. The monoisotopic (exact) mass is 355 g/mol. The van der Waals surface area contributed by atoms with Gasteiger partial charge in [-0.3, -0.25) is 4.31 Å². The molecule has 1 fully saturated rings. The zero-order valence-corrected chi connectivity index (χ0v) is 15.4. The highest BCUT2D eigenvalue weighted by atomic mass is 32.2. The van der Waals surface area contributed by atoms with Gasteiger partial charge in [0.25, 0.3) is 0 Å². The van der Waals surface area contributed by atoms with Gasteiger partial charge in [-0.05, 0) is 81.3 Å². The summed E-state index contributed by atoms with van der Waals surface area (Å²) in [6.07, 6.45) is 2.48. The molecule has 130 valence electrons. The van der Waals surface area contributed by atoms with E-state index in [0.717, 1.165) is 29.7 Å². The van der Waals surface area contributed by atoms with Crippen molar-refractivity contribution >= 4 is 28.5 Å². The van der Waals surface area contributed by atoms with Crippen molar-refractivity contribution in [2.45, 2.75) is 17.7 Å². The molecule has 5 heteroatoms. The number of hydrogen-bond acceptors (Lipinski definition) is 3. The standard InChI is InChI=1S/C20H22FN3S/c1-23(2)25-16-6-8-20(24-9-3-4-10-24)17(13-16)19-12-14-11-15(21)5-7-18(14)22-19/h5-8,11-13,22H,3-4,9-10H2,1-2H3. The normalized spacial score (nSPS) is 14.8. The average molecular weight is 355 g/mol. The fourth-order valence-electron chi connectivity index (χ4n) is 3.48. The lowest BCUT2D eigenvalue weighted by molar-refractivity contribution is 0.630. The van der Waals surface area contributed by atoms with Crippen molar-refractivity contribution in [1.82, 2.24) is 9.29 Å². The Kier molecular flexibility index (Phi) is 4.44. The predicted octanol–water partition coefficient (Wildman–Crippen LogP) is 5.14. The van der Waals surface area contributed by atoms with Crippen LogP contribution in [0, 0.1) is 5.82 Å². The van der Waals surface area contributed by atoms with Crippen LogP contribution in [0.1, 0.15) is 12.8 Å². The molecule has 0 radical (unpaired) electrons. The van der Waals surface area contributed by atoms with Gasteiger partial charge < -0.3 is 9.88 Å². The van der Waals surface area contributed by atoms with E-state index in [4.69, 9.17) is 0 Å². The van der Waals surface area contributed by atoms with Gasteiger partial charge in [0.2, 0.25) is 0 Å². The Morgan fingerprint density at radius 2 is 1.84 bits per heavy atom. The summed E-state index contributed by atoms with van der Waals surface area (Å²) in [6.45, 7) is 2.20. The highest BCUT2D eigenvalue weighted by molar-refractivity contribution is 7.97. The summed E-state index contributed by atoms with van der Waals surface area (Å²) in [4.78, 5) is 7.12. The molecule has 2 heterocycles. The Morgan fingerprint density at radius 1 is 1.04 bits per heavy atom. The van der Waals surface area contributed by atoms with Crippen LogP contribution in [0.15, 0.2) is 47.4 Å². The van der Waals surface area contributed by atoms with Gasteiger partial charge in [-0.2, -0.15) is 0 Å². The minimum Gasteiger partial charge on any atom is -0.371 e. The molecule has 1 N–H and O–H groups in total. The number of benzene rings is 2. The summed E-state index contributed by atoms with van der Waals surface area (Å²) in [5.41, 5.74) is 4.45. The summed E-state index contributed by atoms with van der Waals surface area (Å²) >= 11 is 1.71. The van der Waals surface area contributed by atoms with E-state index in [9.17, 15) is 4.39 Å². The molecule has 25 heavy (non-hydrogen) atoms. The summed E-state index contributed by atoms with van der Waals surface area (Å²) in [5, 5.41) is 0.910. The van der Waals surface area contributed by atoms with E-state index in [1.54, 1.807) is 18.0 Å². The Bertz CT molecular complexity index is 897. The molecule has 0 atom stereocenters. The second-order valence-corrected chi connectivity index (χ2v) is 8.08. The maximum atomic E-state index is 13.5. The fourth-order valence-corrected chi connectivity index (χ4v) is 4.20. The van der Waals surface area contributed by atoms with Crippen LogP contribution >= 0.6 is 11.9 Å². The minimum absolute atomic E-state index is 0.199. The zero-order chi connectivity index (χ0) is 17.4. The van der Waals surface area contributed by atoms with E-state index in [2.05, 4.69) is 38.5 Å². The van der Waals surface area contributed by atoms with Crippen LogP contribution in [0.3, 0.4) is 0 Å². The van der Waals surface area contributed by atoms with Crippen LogP contribution in [0.25, 0.3) is 22.2 Å². The molecule has 0 unspecified atom stereocenters. The van der Waals surface area contributed by atoms with Gasteiger partial charge in [0.15, 0.2) is 0 Å². The summed E-state index contributed by atoms with van der Waals surface area (Å²) in [7, 11) is 4.09. The zero-order valence-electron chi connectivity index (χ0n) is 14.6. The lowest BCUT2D eigenvalue weighted by Crippen LogP contribution is -2.18. The number of aromatic amines is 1. The van der Waals surface area contributed by atoms with Crippen molar-refractivity contribution in [2.24, 2.45) is 0 Å². The summed E-state index contributed by atoms with van der Waals surface area (Å²) in [5.74, 6) is -0.199. The summed E-state index contributed by atoms with van der Waals surface area (Å²) in [6, 6.07) is 13.6. The van der Waals surface area contributed by atoms with Crippen LogP contribution in [0.5, 0.6) is 0 Å². The average Bonchev–Trinajstić information content (AvgIpc) is 3.23. The Morgan fingerprint density at radius 3 is 2.60 bits per heavy atom. The molecule has 3 aromatic rings. The van der Waals surface area contributed by atoms with Crippen molar-refractivity contribution in [3.63, 3.8) is 0 Å². The second-order valence-electron chi connectivity index (χ2n) is 6.69. The molecule has 3 nitrogen and oxygen atoms in total. The van der Waals surface area contributed by atoms with Gasteiger partial charge in [-0.1, -0.05) is 0 Å². The molecule has 0 amide bonds. The van der Waals surface area contributed by atoms with Gasteiger partial charge in [0.05, 0.1) is 0 Å². The molecule has 1 aliphatic heterocycles. The largest absolute Gasteiger partial charge is 0.371 e. The van der Waals surface area contributed by atoms with Crippen LogP contribution in [0.2, 0.25) is 0 Å². The number of aromatic nitrogens is 1. The first-order valence-corrected chi connectivity index (χ1v) is 9.40. The van der Waals surface area contributed by atoms with Crippen molar-refractivity contribution in [3.8, 4) is 11.3 Å². The van der Waals surface area contributed by atoms with Crippen LogP contribution < -0.4 is 4.90 Å². The van der Waals surface area contributed by atoms with E-state index in [0.29, 0.717) is 0 Å². The van der Waals surface area contributed by atoms with Crippen molar-refractivity contribution in [1.29, 1.82) is 0 Å². The Hall–Kier alpha value is -1.98. The van der Waals surface area contributed by atoms with E-state index in [1.807, 2.05) is 20.2 Å². The van der Waals surface area contributed by atoms with Crippen LogP contribution in [-0.2, 0) is 0 Å². The maximum Gasteiger partial charge on any atom is 0.123 e. The van der Waals surface area contributed by atoms with Gasteiger partial charge in [-0.25, -0.2) is 4.39 Å². The number of anilines is 1. The smallest absolute Gasteiger partial charge is 0.123 e. The number of nitrogens with zero attached hydrogens (tertiary/aromatic N) is 2. The highest BCUT2D eigenvalue weighted by Crippen LogP contribution is 2.37. The number of H-pyrrole nitrogens is 1. The van der Waals surface area contributed by atoms with Crippen LogP contribution in [-0.4, -0.2) is 36.5 Å². The number of nitrogens with one attached hydrogen (secondary N) is 1. The number of halogens is 1. The predicted molar refractivity (Wildman–Crippen MR) is 105 cm³/mol. The SMILES string of the molecule is CN(C)Sc1ccc(N2CCCC2)c(-c2cc3cc(F)ccc3[nH]2)c1. The second kappa shape index (κ2) is 6.73. The minimum atomic E-state index is -0.199. The van der Waals surface area contributed by atoms with E-state index in [1.165, 1.54) is 35.1 Å². The molecule has 0 saturated carbocycles. The Balaban J connectivity index is 1.83. The first-order valence-electron chi connectivity index (χ1n) is 8.63. The molecule has 4 rings (SSSR count). The van der Waals surface area contributed by atoms with E-state index >= 15 is 0 Å². The fraction of sp³-hybridized carbons (Fsp3) is 0.300. The molecule has 2 aromatic carbocycles. The molecule has 1 saturated heterocycles. The summed E-state index contributed by atoms with van der Waals surface area (Å²) < 4.78 is 15.6.